The Hall–Kier alpha value is -2.56. The molecule has 1 heterocycles. The highest BCUT2D eigenvalue weighted by Crippen LogP contribution is 2.43. The van der Waals surface area contributed by atoms with E-state index in [1.54, 1.807) is 0 Å². The summed E-state index contributed by atoms with van der Waals surface area (Å²) in [7, 11) is 0. The van der Waals surface area contributed by atoms with E-state index in [1.807, 2.05) is 48.6 Å². The number of phenolic OH excluding ortho intramolecular Hbond substituents is 2. The van der Waals surface area contributed by atoms with Crippen molar-refractivity contribution in [2.75, 3.05) is 0 Å². The molecule has 0 unspecified atom stereocenters. The van der Waals surface area contributed by atoms with Crippen molar-refractivity contribution in [3.63, 3.8) is 0 Å². The number of fused-ring (bicyclic) bond motifs is 1. The van der Waals surface area contributed by atoms with Crippen molar-refractivity contribution in [3.8, 4) is 11.5 Å². The summed E-state index contributed by atoms with van der Waals surface area (Å²) < 4.78 is 0. The van der Waals surface area contributed by atoms with Crippen molar-refractivity contribution in [1.29, 1.82) is 0 Å². The number of para-hydroxylation sites is 2. The van der Waals surface area contributed by atoms with Crippen LogP contribution in [0.5, 0.6) is 11.5 Å². The van der Waals surface area contributed by atoms with Gasteiger partial charge in [0.15, 0.2) is 0 Å². The van der Waals surface area contributed by atoms with Gasteiger partial charge in [0, 0.05) is 23.2 Å². The van der Waals surface area contributed by atoms with Crippen molar-refractivity contribution in [3.05, 3.63) is 84.0 Å². The first-order valence-corrected chi connectivity index (χ1v) is 11.0. The summed E-state index contributed by atoms with van der Waals surface area (Å²) in [6, 6.07) is 12.3. The van der Waals surface area contributed by atoms with E-state index >= 15 is 0 Å². The van der Waals surface area contributed by atoms with Gasteiger partial charge >= 0.3 is 0 Å². The van der Waals surface area contributed by atoms with Crippen LogP contribution in [0.25, 0.3) is 0 Å². The van der Waals surface area contributed by atoms with E-state index in [0.717, 1.165) is 35.1 Å². The van der Waals surface area contributed by atoms with Gasteiger partial charge in [-0.2, -0.15) is 0 Å². The Bertz CT molecular complexity index is 848. The van der Waals surface area contributed by atoms with E-state index in [4.69, 9.17) is 0 Å². The molecule has 2 aromatic rings. The van der Waals surface area contributed by atoms with Crippen LogP contribution in [0.3, 0.4) is 0 Å². The van der Waals surface area contributed by atoms with Crippen LogP contribution in [-0.2, 0) is 12.8 Å². The molecule has 0 bridgehead atoms. The lowest BCUT2D eigenvalue weighted by atomic mass is 9.81. The van der Waals surface area contributed by atoms with Crippen LogP contribution in [-0.4, -0.2) is 22.3 Å². The minimum Gasteiger partial charge on any atom is -0.507 e. The van der Waals surface area contributed by atoms with Gasteiger partial charge in [0.2, 0.25) is 0 Å². The molecule has 4 N–H and O–H groups in total. The molecule has 4 rings (SSSR count). The molecule has 1 saturated heterocycles. The third kappa shape index (κ3) is 3.90. The van der Waals surface area contributed by atoms with Crippen LogP contribution in [0, 0.1) is 0 Å². The second-order valence-electron chi connectivity index (χ2n) is 8.48. The number of rotatable bonds is 6. The highest BCUT2D eigenvalue weighted by molar-refractivity contribution is 5.48. The average Bonchev–Trinajstić information content (AvgIpc) is 2.76. The predicted molar refractivity (Wildman–Crippen MR) is 122 cm³/mol. The summed E-state index contributed by atoms with van der Waals surface area (Å²) in [6.45, 7) is 7.63. The first-order chi connectivity index (χ1) is 14.6. The zero-order chi connectivity index (χ0) is 21.1. The monoisotopic (exact) mass is 404 g/mol. The molecule has 158 valence electrons. The molecule has 2 fully saturated rings. The first-order valence-electron chi connectivity index (χ1n) is 11.0. The third-order valence-electron chi connectivity index (χ3n) is 6.59. The molecular formula is C26H32N2O2. The van der Waals surface area contributed by atoms with Gasteiger partial charge in [-0.1, -0.05) is 61.4 Å². The Balaban J connectivity index is 1.78. The lowest BCUT2D eigenvalue weighted by Crippen LogP contribution is -2.59. The summed E-state index contributed by atoms with van der Waals surface area (Å²) in [5.41, 5.74) is 3.48. The second-order valence-corrected chi connectivity index (χ2v) is 8.48. The van der Waals surface area contributed by atoms with Crippen molar-refractivity contribution < 1.29 is 10.2 Å². The number of benzene rings is 2. The Labute approximate surface area is 179 Å². The van der Waals surface area contributed by atoms with Gasteiger partial charge in [0.1, 0.15) is 11.5 Å². The molecule has 0 spiro atoms. The van der Waals surface area contributed by atoms with Crippen molar-refractivity contribution in [2.45, 2.75) is 62.7 Å². The number of allylic oxidation sites excluding steroid dienone is 2. The fourth-order valence-electron chi connectivity index (χ4n) is 5.09. The number of phenols is 2. The molecule has 1 aliphatic carbocycles. The third-order valence-corrected chi connectivity index (χ3v) is 6.59. The van der Waals surface area contributed by atoms with Gasteiger partial charge < -0.3 is 20.8 Å². The van der Waals surface area contributed by atoms with Crippen molar-refractivity contribution in [2.24, 2.45) is 0 Å². The predicted octanol–water partition coefficient (Wildman–Crippen LogP) is 4.84. The van der Waals surface area contributed by atoms with Gasteiger partial charge in [-0.25, -0.2) is 0 Å². The van der Waals surface area contributed by atoms with Gasteiger partial charge in [-0.3, -0.25) is 0 Å². The van der Waals surface area contributed by atoms with Crippen LogP contribution < -0.4 is 10.6 Å². The summed E-state index contributed by atoms with van der Waals surface area (Å²) in [4.78, 5) is 0. The highest BCUT2D eigenvalue weighted by Gasteiger charge is 2.40. The molecule has 4 atom stereocenters. The molecule has 2 aliphatic rings. The summed E-state index contributed by atoms with van der Waals surface area (Å²) >= 11 is 0. The summed E-state index contributed by atoms with van der Waals surface area (Å²) in [5.74, 6) is 0.635. The lowest BCUT2D eigenvalue weighted by molar-refractivity contribution is 0.165. The molecule has 0 amide bonds. The van der Waals surface area contributed by atoms with Gasteiger partial charge in [0.05, 0.1) is 12.1 Å². The number of hydrogen-bond acceptors (Lipinski definition) is 4. The van der Waals surface area contributed by atoms with Crippen LogP contribution in [0.15, 0.2) is 61.7 Å². The van der Waals surface area contributed by atoms with Gasteiger partial charge in [-0.05, 0) is 36.8 Å². The SMILES string of the molecule is C=CCc1cccc([C@H]2N[C@H]3CCCC[C@@H]3N[C@@H]2c2cccc(CC=C)c2O)c1O. The largest absolute Gasteiger partial charge is 0.507 e. The Morgan fingerprint density at radius 1 is 0.767 bits per heavy atom. The normalized spacial score (nSPS) is 26.0. The molecule has 2 aromatic carbocycles. The fourth-order valence-corrected chi connectivity index (χ4v) is 5.09. The van der Waals surface area contributed by atoms with Crippen molar-refractivity contribution in [1.82, 2.24) is 10.6 Å². The van der Waals surface area contributed by atoms with E-state index in [-0.39, 0.29) is 12.1 Å². The minimum atomic E-state index is -0.140. The lowest BCUT2D eigenvalue weighted by Gasteiger charge is -2.46. The second kappa shape index (κ2) is 9.07. The number of aromatic hydroxyl groups is 2. The van der Waals surface area contributed by atoms with Gasteiger partial charge in [-0.15, -0.1) is 13.2 Å². The zero-order valence-electron chi connectivity index (χ0n) is 17.5. The van der Waals surface area contributed by atoms with Gasteiger partial charge in [0.25, 0.3) is 0 Å². The molecule has 4 heteroatoms. The average molecular weight is 405 g/mol. The topological polar surface area (TPSA) is 64.5 Å². The minimum absolute atomic E-state index is 0.140. The van der Waals surface area contributed by atoms with Crippen LogP contribution >= 0.6 is 0 Å². The fraction of sp³-hybridized carbons (Fsp3) is 0.385. The maximum Gasteiger partial charge on any atom is 0.123 e. The van der Waals surface area contributed by atoms with E-state index < -0.39 is 0 Å². The van der Waals surface area contributed by atoms with E-state index in [0.29, 0.717) is 36.4 Å². The molecule has 30 heavy (non-hydrogen) atoms. The molecule has 4 nitrogen and oxygen atoms in total. The highest BCUT2D eigenvalue weighted by atomic mass is 16.3. The van der Waals surface area contributed by atoms with E-state index in [2.05, 4.69) is 23.8 Å². The quantitative estimate of drug-likeness (QED) is 0.520. The van der Waals surface area contributed by atoms with Crippen LogP contribution in [0.4, 0.5) is 0 Å². The van der Waals surface area contributed by atoms with Crippen molar-refractivity contribution >= 4 is 0 Å². The number of hydrogen-bond donors (Lipinski definition) is 4. The Morgan fingerprint density at radius 3 is 1.60 bits per heavy atom. The maximum absolute atomic E-state index is 11.0. The standard InChI is InChI=1S/C26H32N2O2/c1-3-9-17-11-7-13-19(25(17)29)23-24(28-22-16-6-5-15-21(22)27-23)20-14-8-12-18(10-4-2)26(20)30/h3-4,7-8,11-14,21-24,27-30H,1-2,5-6,9-10,15-16H2/t21-,22-,23+,24+/m0/s1. The summed E-state index contributed by atoms with van der Waals surface area (Å²) in [6.07, 6.45) is 9.54. The summed E-state index contributed by atoms with van der Waals surface area (Å²) in [5, 5.41) is 29.8. The van der Waals surface area contributed by atoms with Crippen LogP contribution in [0.2, 0.25) is 0 Å². The maximum atomic E-state index is 11.0. The number of piperazine rings is 1. The number of nitrogens with one attached hydrogen (secondary N) is 2. The molecule has 0 aromatic heterocycles. The Morgan fingerprint density at radius 2 is 1.20 bits per heavy atom. The van der Waals surface area contributed by atoms with E-state index in [9.17, 15) is 10.2 Å². The molecule has 0 radical (unpaired) electrons. The van der Waals surface area contributed by atoms with Crippen LogP contribution in [0.1, 0.15) is 60.0 Å². The first kappa shape index (κ1) is 20.7. The molecule has 1 aliphatic heterocycles. The van der Waals surface area contributed by atoms with E-state index in [1.165, 1.54) is 12.8 Å². The zero-order valence-corrected chi connectivity index (χ0v) is 17.5. The smallest absolute Gasteiger partial charge is 0.123 e. The molecule has 1 saturated carbocycles. The molecular weight excluding hydrogens is 372 g/mol. The Kier molecular flexibility index (Phi) is 6.26.